The van der Waals surface area contributed by atoms with Crippen LogP contribution in [0.15, 0.2) is 29.3 Å². The molecule has 0 spiro atoms. The third-order valence-electron chi connectivity index (χ3n) is 5.66. The first kappa shape index (κ1) is 15.7. The summed E-state index contributed by atoms with van der Waals surface area (Å²) < 4.78 is 7.72. The Kier molecular flexibility index (Phi) is 2.99. The number of nitrogens with zero attached hydrogens (tertiary/aromatic N) is 7. The van der Waals surface area contributed by atoms with Gasteiger partial charge in [-0.1, -0.05) is 5.16 Å². The molecule has 2 aliphatic carbocycles. The number of nitrogen functional groups attached to an aromatic ring is 1. The molecule has 4 aromatic heterocycles. The highest BCUT2D eigenvalue weighted by Gasteiger charge is 2.43. The van der Waals surface area contributed by atoms with Gasteiger partial charge in [-0.2, -0.15) is 5.10 Å². The van der Waals surface area contributed by atoms with Crippen molar-refractivity contribution in [1.82, 2.24) is 34.9 Å². The molecule has 2 saturated carbocycles. The number of nitrogens with two attached hydrogens (primary N) is 1. The van der Waals surface area contributed by atoms with Crippen molar-refractivity contribution in [1.29, 1.82) is 0 Å². The smallest absolute Gasteiger partial charge is 0.165 e. The van der Waals surface area contributed by atoms with Crippen molar-refractivity contribution in [2.24, 2.45) is 0 Å². The van der Waals surface area contributed by atoms with E-state index >= 15 is 0 Å². The maximum Gasteiger partial charge on any atom is 0.165 e. The minimum atomic E-state index is -0.0518. The van der Waals surface area contributed by atoms with E-state index in [0.717, 1.165) is 42.7 Å². The summed E-state index contributed by atoms with van der Waals surface area (Å²) in [4.78, 5) is 17.5. The summed E-state index contributed by atoms with van der Waals surface area (Å²) in [7, 11) is 0. The van der Waals surface area contributed by atoms with E-state index in [2.05, 4.69) is 32.0 Å². The van der Waals surface area contributed by atoms with E-state index < -0.39 is 0 Å². The van der Waals surface area contributed by atoms with Gasteiger partial charge in [0.2, 0.25) is 0 Å². The lowest BCUT2D eigenvalue weighted by molar-refractivity contribution is 0.386. The van der Waals surface area contributed by atoms with Crippen LogP contribution in [-0.2, 0) is 5.54 Å². The van der Waals surface area contributed by atoms with Gasteiger partial charge in [-0.05, 0) is 38.7 Å². The van der Waals surface area contributed by atoms with E-state index in [0.29, 0.717) is 34.3 Å². The van der Waals surface area contributed by atoms with Crippen LogP contribution >= 0.6 is 0 Å². The molecule has 28 heavy (non-hydrogen) atoms. The second-order valence-corrected chi connectivity index (χ2v) is 7.83. The highest BCUT2D eigenvalue weighted by Crippen LogP contribution is 2.49. The van der Waals surface area contributed by atoms with Crippen LogP contribution in [-0.4, -0.2) is 34.9 Å². The Labute approximate surface area is 160 Å². The molecule has 0 unspecified atom stereocenters. The van der Waals surface area contributed by atoms with Crippen LogP contribution in [0.4, 0.5) is 5.82 Å². The summed E-state index contributed by atoms with van der Waals surface area (Å²) in [6, 6.07) is 1.79. The van der Waals surface area contributed by atoms with Crippen molar-refractivity contribution in [3.05, 3.63) is 30.5 Å². The molecule has 2 aliphatic rings. The second kappa shape index (κ2) is 5.34. The Hall–Kier alpha value is -3.36. The molecule has 0 bridgehead atoms. The Morgan fingerprint density at radius 3 is 2.61 bits per heavy atom. The highest BCUT2D eigenvalue weighted by molar-refractivity contribution is 6.00. The molecule has 0 radical (unpaired) electrons. The zero-order chi connectivity index (χ0) is 18.9. The maximum absolute atomic E-state index is 6.25. The molecule has 0 aromatic carbocycles. The zero-order valence-electron chi connectivity index (χ0n) is 15.3. The first-order valence-corrected chi connectivity index (χ1v) is 9.43. The van der Waals surface area contributed by atoms with Crippen molar-refractivity contribution in [3.8, 4) is 22.8 Å². The predicted molar refractivity (Wildman–Crippen MR) is 101 cm³/mol. The number of hydrogen-bond donors (Lipinski definition) is 1. The monoisotopic (exact) mass is 374 g/mol. The van der Waals surface area contributed by atoms with Gasteiger partial charge >= 0.3 is 0 Å². The summed E-state index contributed by atoms with van der Waals surface area (Å²) in [5.41, 5.74) is 8.93. The van der Waals surface area contributed by atoms with Crippen LogP contribution in [0.5, 0.6) is 0 Å². The molecule has 0 atom stereocenters. The number of rotatable bonds is 4. The molecule has 0 aliphatic heterocycles. The van der Waals surface area contributed by atoms with Gasteiger partial charge in [0, 0.05) is 18.3 Å². The van der Waals surface area contributed by atoms with Gasteiger partial charge in [0.05, 0.1) is 16.5 Å². The third-order valence-corrected chi connectivity index (χ3v) is 5.66. The number of fused-ring (bicyclic) bond motifs is 1. The second-order valence-electron chi connectivity index (χ2n) is 7.83. The van der Waals surface area contributed by atoms with Crippen molar-refractivity contribution in [2.45, 2.75) is 44.1 Å². The van der Waals surface area contributed by atoms with Crippen LogP contribution in [0, 0.1) is 0 Å². The van der Waals surface area contributed by atoms with E-state index in [1.807, 2.05) is 4.68 Å². The average molecular weight is 374 g/mol. The van der Waals surface area contributed by atoms with Crippen molar-refractivity contribution in [2.75, 3.05) is 5.73 Å². The lowest BCUT2D eigenvalue weighted by Crippen LogP contribution is -2.14. The molecule has 2 fully saturated rings. The quantitative estimate of drug-likeness (QED) is 0.578. The number of aromatic nitrogens is 7. The summed E-state index contributed by atoms with van der Waals surface area (Å²) >= 11 is 0. The van der Waals surface area contributed by atoms with E-state index in [4.69, 9.17) is 15.4 Å². The van der Waals surface area contributed by atoms with Gasteiger partial charge < -0.3 is 10.3 Å². The molecule has 4 aromatic rings. The molecule has 2 N–H and O–H groups in total. The van der Waals surface area contributed by atoms with Crippen molar-refractivity contribution in [3.63, 3.8) is 0 Å². The molecule has 0 amide bonds. The normalized spacial score (nSPS) is 17.9. The molecule has 0 saturated heterocycles. The summed E-state index contributed by atoms with van der Waals surface area (Å²) in [6.45, 7) is 2.17. The van der Waals surface area contributed by atoms with E-state index in [1.165, 1.54) is 6.33 Å². The number of anilines is 1. The summed E-state index contributed by atoms with van der Waals surface area (Å²) in [5, 5.41) is 9.98. The van der Waals surface area contributed by atoms with Crippen LogP contribution in [0.25, 0.3) is 33.8 Å². The summed E-state index contributed by atoms with van der Waals surface area (Å²) in [5.74, 6) is 2.13. The highest BCUT2D eigenvalue weighted by atomic mass is 16.5. The van der Waals surface area contributed by atoms with Crippen LogP contribution in [0.3, 0.4) is 0 Å². The minimum absolute atomic E-state index is 0.0518. The molecular formula is C19H18N8O. The predicted octanol–water partition coefficient (Wildman–Crippen LogP) is 2.91. The van der Waals surface area contributed by atoms with E-state index in [-0.39, 0.29) is 5.54 Å². The van der Waals surface area contributed by atoms with Crippen LogP contribution < -0.4 is 5.73 Å². The molecule has 6 rings (SSSR count). The lowest BCUT2D eigenvalue weighted by atomic mass is 10.1. The summed E-state index contributed by atoms with van der Waals surface area (Å²) in [6.07, 6.45) is 9.16. The SMILES string of the molecule is CC1(n2nc(-c3noc(C4CC4)c3-c3ncccn3)c3c(N)ncnc32)CC1. The molecule has 9 nitrogen and oxygen atoms in total. The van der Waals surface area contributed by atoms with Gasteiger partial charge in [0.1, 0.15) is 23.5 Å². The molecule has 4 heterocycles. The van der Waals surface area contributed by atoms with Crippen LogP contribution in [0.2, 0.25) is 0 Å². The zero-order valence-corrected chi connectivity index (χ0v) is 15.3. The van der Waals surface area contributed by atoms with Crippen LogP contribution in [0.1, 0.15) is 44.3 Å². The van der Waals surface area contributed by atoms with E-state index in [1.54, 1.807) is 18.5 Å². The Balaban J connectivity index is 1.65. The first-order valence-electron chi connectivity index (χ1n) is 9.43. The largest absolute Gasteiger partial charge is 0.383 e. The van der Waals surface area contributed by atoms with Gasteiger partial charge in [-0.3, -0.25) is 0 Å². The molecule has 9 heteroatoms. The lowest BCUT2D eigenvalue weighted by Gasteiger charge is -2.09. The standard InChI is InChI=1S/C19H18N8O/c1-19(5-6-19)27-18-12(16(20)23-9-24-18)13(25-27)14-11(17-21-7-2-8-22-17)15(28-26-14)10-3-4-10/h2,7-10H,3-6H2,1H3,(H2,20,23,24). The van der Waals surface area contributed by atoms with Gasteiger partial charge in [-0.15, -0.1) is 0 Å². The van der Waals surface area contributed by atoms with Gasteiger partial charge in [0.15, 0.2) is 17.2 Å². The third kappa shape index (κ3) is 2.19. The van der Waals surface area contributed by atoms with Gasteiger partial charge in [0.25, 0.3) is 0 Å². The van der Waals surface area contributed by atoms with E-state index in [9.17, 15) is 0 Å². The first-order chi connectivity index (χ1) is 13.7. The fourth-order valence-corrected chi connectivity index (χ4v) is 3.64. The average Bonchev–Trinajstić information content (AvgIpc) is 3.61. The number of hydrogen-bond acceptors (Lipinski definition) is 8. The molecular weight excluding hydrogens is 356 g/mol. The topological polar surface area (TPSA) is 121 Å². The Morgan fingerprint density at radius 1 is 1.11 bits per heavy atom. The van der Waals surface area contributed by atoms with Crippen molar-refractivity contribution < 1.29 is 4.52 Å². The molecule has 140 valence electrons. The Morgan fingerprint density at radius 2 is 1.89 bits per heavy atom. The minimum Gasteiger partial charge on any atom is -0.383 e. The Bertz CT molecular complexity index is 1200. The van der Waals surface area contributed by atoms with Crippen molar-refractivity contribution >= 4 is 16.9 Å². The van der Waals surface area contributed by atoms with Gasteiger partial charge in [-0.25, -0.2) is 24.6 Å². The fourth-order valence-electron chi connectivity index (χ4n) is 3.64. The fraction of sp³-hybridized carbons (Fsp3) is 0.368. The maximum atomic E-state index is 6.25.